The summed E-state index contributed by atoms with van der Waals surface area (Å²) in [4.78, 5) is 13.7. The maximum Gasteiger partial charge on any atom is 0.320 e. The molecular weight excluding hydrogens is 254 g/mol. The van der Waals surface area contributed by atoms with Gasteiger partial charge in [0.2, 0.25) is 0 Å². The molecule has 0 spiro atoms. The molecule has 2 fully saturated rings. The molecule has 2 rings (SSSR count). The number of hydrogen-bond donors (Lipinski definition) is 1. The van der Waals surface area contributed by atoms with Crippen molar-refractivity contribution in [2.45, 2.75) is 64.5 Å². The maximum atomic E-state index is 11.5. The van der Waals surface area contributed by atoms with Gasteiger partial charge in [0, 0.05) is 19.2 Å². The number of aliphatic carboxylic acids is 1. The van der Waals surface area contributed by atoms with Crippen LogP contribution in [0.5, 0.6) is 0 Å². The van der Waals surface area contributed by atoms with Crippen LogP contribution in [-0.4, -0.2) is 47.8 Å². The van der Waals surface area contributed by atoms with Gasteiger partial charge in [-0.05, 0) is 37.5 Å². The largest absolute Gasteiger partial charge is 0.480 e. The number of ether oxygens (including phenoxy) is 1. The molecule has 0 aromatic rings. The second-order valence-corrected chi connectivity index (χ2v) is 6.73. The van der Waals surface area contributed by atoms with Crippen molar-refractivity contribution >= 4 is 5.97 Å². The van der Waals surface area contributed by atoms with E-state index in [0.717, 1.165) is 26.0 Å². The normalized spacial score (nSPS) is 30.6. The van der Waals surface area contributed by atoms with Gasteiger partial charge >= 0.3 is 5.97 Å². The van der Waals surface area contributed by atoms with E-state index in [4.69, 9.17) is 4.74 Å². The van der Waals surface area contributed by atoms with E-state index in [1.165, 1.54) is 25.7 Å². The summed E-state index contributed by atoms with van der Waals surface area (Å²) in [5.74, 6) is 0.610. The summed E-state index contributed by atoms with van der Waals surface area (Å²) in [5, 5.41) is 9.42. The molecular formula is C16H29NO3. The van der Waals surface area contributed by atoms with E-state index in [-0.39, 0.29) is 6.04 Å². The maximum absolute atomic E-state index is 11.5. The smallest absolute Gasteiger partial charge is 0.320 e. The molecule has 1 saturated carbocycles. The van der Waals surface area contributed by atoms with Crippen LogP contribution in [0, 0.1) is 11.8 Å². The predicted molar refractivity (Wildman–Crippen MR) is 78.8 cm³/mol. The molecule has 4 nitrogen and oxygen atoms in total. The molecule has 0 radical (unpaired) electrons. The lowest BCUT2D eigenvalue weighted by molar-refractivity contribution is -0.142. The van der Waals surface area contributed by atoms with Crippen LogP contribution in [0.4, 0.5) is 0 Å². The predicted octanol–water partition coefficient (Wildman–Crippen LogP) is 2.77. The quantitative estimate of drug-likeness (QED) is 0.730. The fraction of sp³-hybridized carbons (Fsp3) is 0.938. The first-order valence-electron chi connectivity index (χ1n) is 8.16. The van der Waals surface area contributed by atoms with Gasteiger partial charge in [-0.15, -0.1) is 0 Å². The summed E-state index contributed by atoms with van der Waals surface area (Å²) >= 11 is 0. The molecule has 4 heteroatoms. The number of likely N-dealkylation sites (tertiary alicyclic amines) is 1. The second-order valence-electron chi connectivity index (χ2n) is 6.73. The second kappa shape index (κ2) is 7.41. The Morgan fingerprint density at radius 1 is 1.30 bits per heavy atom. The Bertz CT molecular complexity index is 319. The van der Waals surface area contributed by atoms with Crippen molar-refractivity contribution < 1.29 is 14.6 Å². The molecule has 0 amide bonds. The number of carbonyl (C=O) groups is 1. The Kier molecular flexibility index (Phi) is 5.85. The fourth-order valence-corrected chi connectivity index (χ4v) is 3.71. The van der Waals surface area contributed by atoms with E-state index in [0.29, 0.717) is 24.5 Å². The van der Waals surface area contributed by atoms with Crippen LogP contribution in [0.25, 0.3) is 0 Å². The molecule has 0 aromatic carbocycles. The lowest BCUT2D eigenvalue weighted by atomic mass is 9.85. The average Bonchev–Trinajstić information content (AvgIpc) is 2.77. The van der Waals surface area contributed by atoms with Crippen molar-refractivity contribution in [3.05, 3.63) is 0 Å². The molecule has 0 bridgehead atoms. The molecule has 1 aliphatic carbocycles. The van der Waals surface area contributed by atoms with E-state index in [2.05, 4.69) is 18.7 Å². The summed E-state index contributed by atoms with van der Waals surface area (Å²) in [5.41, 5.74) is 0. The number of carboxylic acid groups (broad SMARTS) is 1. The lowest BCUT2D eigenvalue weighted by Crippen LogP contribution is -2.44. The van der Waals surface area contributed by atoms with Crippen molar-refractivity contribution in [3.63, 3.8) is 0 Å². The lowest BCUT2D eigenvalue weighted by Gasteiger charge is -2.32. The molecule has 1 heterocycles. The van der Waals surface area contributed by atoms with Crippen LogP contribution >= 0.6 is 0 Å². The molecule has 3 unspecified atom stereocenters. The summed E-state index contributed by atoms with van der Waals surface area (Å²) in [7, 11) is 0. The fourth-order valence-electron chi connectivity index (χ4n) is 3.71. The van der Waals surface area contributed by atoms with E-state index >= 15 is 0 Å². The zero-order valence-corrected chi connectivity index (χ0v) is 12.9. The molecule has 2 aliphatic rings. The minimum atomic E-state index is -0.651. The highest BCUT2D eigenvalue weighted by Gasteiger charge is 2.44. The highest BCUT2D eigenvalue weighted by molar-refractivity contribution is 5.74. The van der Waals surface area contributed by atoms with E-state index in [9.17, 15) is 9.90 Å². The van der Waals surface area contributed by atoms with Gasteiger partial charge in [-0.2, -0.15) is 0 Å². The minimum Gasteiger partial charge on any atom is -0.480 e. The van der Waals surface area contributed by atoms with Crippen LogP contribution < -0.4 is 0 Å². The van der Waals surface area contributed by atoms with Gasteiger partial charge in [0.15, 0.2) is 0 Å². The Labute approximate surface area is 122 Å². The Morgan fingerprint density at radius 2 is 2.05 bits per heavy atom. The van der Waals surface area contributed by atoms with Crippen LogP contribution in [0.15, 0.2) is 0 Å². The first-order valence-corrected chi connectivity index (χ1v) is 8.16. The summed E-state index contributed by atoms with van der Waals surface area (Å²) in [6.07, 6.45) is 6.81. The molecule has 116 valence electrons. The van der Waals surface area contributed by atoms with Gasteiger partial charge in [-0.3, -0.25) is 9.69 Å². The molecule has 1 saturated heterocycles. The van der Waals surface area contributed by atoms with Crippen LogP contribution in [0.3, 0.4) is 0 Å². The van der Waals surface area contributed by atoms with Gasteiger partial charge in [0.05, 0.1) is 6.61 Å². The zero-order valence-electron chi connectivity index (χ0n) is 12.9. The van der Waals surface area contributed by atoms with Crippen LogP contribution in [0.2, 0.25) is 0 Å². The Morgan fingerprint density at radius 3 is 2.75 bits per heavy atom. The van der Waals surface area contributed by atoms with Crippen molar-refractivity contribution in [1.82, 2.24) is 4.90 Å². The van der Waals surface area contributed by atoms with Crippen LogP contribution in [-0.2, 0) is 9.53 Å². The van der Waals surface area contributed by atoms with Crippen molar-refractivity contribution in [2.75, 3.05) is 19.8 Å². The van der Waals surface area contributed by atoms with Gasteiger partial charge < -0.3 is 9.84 Å². The molecule has 1 aliphatic heterocycles. The third kappa shape index (κ3) is 3.95. The number of nitrogens with zero attached hydrogens (tertiary/aromatic N) is 1. The van der Waals surface area contributed by atoms with Gasteiger partial charge in [0.1, 0.15) is 6.04 Å². The topological polar surface area (TPSA) is 49.8 Å². The van der Waals surface area contributed by atoms with E-state index < -0.39 is 5.97 Å². The van der Waals surface area contributed by atoms with Gasteiger partial charge in [-0.1, -0.05) is 26.7 Å². The number of hydrogen-bond acceptors (Lipinski definition) is 3. The summed E-state index contributed by atoms with van der Waals surface area (Å²) in [6, 6.07) is 0.204. The molecule has 3 atom stereocenters. The highest BCUT2D eigenvalue weighted by atomic mass is 16.5. The first-order chi connectivity index (χ1) is 9.59. The Balaban J connectivity index is 1.81. The first kappa shape index (κ1) is 15.8. The van der Waals surface area contributed by atoms with Crippen molar-refractivity contribution in [3.8, 4) is 0 Å². The zero-order chi connectivity index (χ0) is 14.5. The van der Waals surface area contributed by atoms with Gasteiger partial charge in [0.25, 0.3) is 0 Å². The van der Waals surface area contributed by atoms with Crippen LogP contribution in [0.1, 0.15) is 52.4 Å². The van der Waals surface area contributed by atoms with Crippen molar-refractivity contribution in [1.29, 1.82) is 0 Å². The number of fused-ring (bicyclic) bond motifs is 1. The third-order valence-corrected chi connectivity index (χ3v) is 4.84. The third-order valence-electron chi connectivity index (χ3n) is 4.84. The number of carboxylic acids is 1. The summed E-state index contributed by atoms with van der Waals surface area (Å²) in [6.45, 7) is 6.61. The van der Waals surface area contributed by atoms with E-state index in [1.807, 2.05) is 0 Å². The molecule has 0 aromatic heterocycles. The van der Waals surface area contributed by atoms with E-state index in [1.54, 1.807) is 0 Å². The number of rotatable bonds is 7. The van der Waals surface area contributed by atoms with Gasteiger partial charge in [-0.25, -0.2) is 0 Å². The molecule has 1 N–H and O–H groups in total. The molecule has 20 heavy (non-hydrogen) atoms. The average molecular weight is 283 g/mol. The van der Waals surface area contributed by atoms with Crippen molar-refractivity contribution in [2.24, 2.45) is 11.8 Å². The monoisotopic (exact) mass is 283 g/mol. The standard InChI is InChI=1S/C16H29NO3/c1-12(2)7-9-20-10-8-17-14-6-4-3-5-13(14)11-15(17)16(18)19/h12-15H,3-11H2,1-2H3,(H,18,19). The SMILES string of the molecule is CC(C)CCOCCN1C(C(=O)O)CC2CCCCC21. The summed E-state index contributed by atoms with van der Waals surface area (Å²) < 4.78 is 5.68. The minimum absolute atomic E-state index is 0.281. The Hall–Kier alpha value is -0.610. The highest BCUT2D eigenvalue weighted by Crippen LogP contribution is 2.39.